The minimum absolute atomic E-state index is 0.00961. The van der Waals surface area contributed by atoms with Crippen LogP contribution in [0.1, 0.15) is 27.2 Å². The minimum Gasteiger partial charge on any atom is -0.338 e. The molecular weight excluding hydrogens is 350 g/mol. The van der Waals surface area contributed by atoms with Gasteiger partial charge in [0.15, 0.2) is 5.13 Å². The predicted octanol–water partition coefficient (Wildman–Crippen LogP) is 3.50. The van der Waals surface area contributed by atoms with Gasteiger partial charge in [0, 0.05) is 30.6 Å². The zero-order valence-electron chi connectivity index (χ0n) is 15.2. The normalized spacial score (nSPS) is 11.0. The van der Waals surface area contributed by atoms with E-state index in [1.165, 1.54) is 11.3 Å². The second kappa shape index (κ2) is 7.74. The highest BCUT2D eigenvalue weighted by atomic mass is 32.1. The third kappa shape index (κ3) is 3.37. The van der Waals surface area contributed by atoms with Crippen LogP contribution in [0.15, 0.2) is 28.4 Å². The van der Waals surface area contributed by atoms with Gasteiger partial charge >= 0.3 is 11.7 Å². The monoisotopic (exact) mass is 373 g/mol. The number of fused-ring (bicyclic) bond motifs is 1. The maximum Gasteiger partial charge on any atom is 0.329 e. The molecule has 3 rings (SSSR count). The molecule has 0 aliphatic rings. The average molecular weight is 373 g/mol. The van der Waals surface area contributed by atoms with E-state index in [9.17, 15) is 9.59 Å². The molecule has 0 radical (unpaired) electrons. The van der Waals surface area contributed by atoms with E-state index < -0.39 is 0 Å². The summed E-state index contributed by atoms with van der Waals surface area (Å²) < 4.78 is 3.54. The molecule has 0 bridgehead atoms. The highest BCUT2D eigenvalue weighted by molar-refractivity contribution is 7.14. The lowest BCUT2D eigenvalue weighted by Gasteiger charge is -2.03. The number of aromatic nitrogens is 3. The Kier molecular flexibility index (Phi) is 5.41. The van der Waals surface area contributed by atoms with Crippen LogP contribution in [0.3, 0.4) is 0 Å². The molecule has 0 atom stereocenters. The molecule has 0 aliphatic carbocycles. The molecule has 0 unspecified atom stereocenters. The highest BCUT2D eigenvalue weighted by Crippen LogP contribution is 2.27. The van der Waals surface area contributed by atoms with Crippen molar-refractivity contribution in [1.29, 1.82) is 0 Å². The van der Waals surface area contributed by atoms with E-state index in [1.807, 2.05) is 44.4 Å². The van der Waals surface area contributed by atoms with Crippen LogP contribution in [0.5, 0.6) is 0 Å². The smallest absolute Gasteiger partial charge is 0.329 e. The van der Waals surface area contributed by atoms with Gasteiger partial charge in [0.05, 0.1) is 16.7 Å². The fourth-order valence-corrected chi connectivity index (χ4v) is 3.65. The minimum atomic E-state index is -0.247. The van der Waals surface area contributed by atoms with Gasteiger partial charge in [-0.3, -0.25) is 14.5 Å². The summed E-state index contributed by atoms with van der Waals surface area (Å²) in [6.07, 6.45) is 0.882. The summed E-state index contributed by atoms with van der Waals surface area (Å²) in [6, 6.07) is 5.66. The molecule has 0 saturated heterocycles. The number of hydrogen-bond donors (Lipinski definition) is 2. The van der Waals surface area contributed by atoms with E-state index in [4.69, 9.17) is 0 Å². The Bertz CT molecular complexity index is 985. The van der Waals surface area contributed by atoms with Gasteiger partial charge in [-0.2, -0.15) is 0 Å². The number of nitrogens with one attached hydrogen (secondary N) is 2. The van der Waals surface area contributed by atoms with Gasteiger partial charge in [-0.15, -0.1) is 11.3 Å². The van der Waals surface area contributed by atoms with Crippen molar-refractivity contribution in [3.05, 3.63) is 34.1 Å². The number of carbonyl (C=O) groups is 1. The number of anilines is 1. The van der Waals surface area contributed by atoms with E-state index in [2.05, 4.69) is 15.6 Å². The van der Waals surface area contributed by atoms with Gasteiger partial charge in [-0.1, -0.05) is 13.0 Å². The molecule has 0 fully saturated rings. The number of benzene rings is 1. The van der Waals surface area contributed by atoms with Crippen molar-refractivity contribution >= 4 is 33.5 Å². The van der Waals surface area contributed by atoms with Gasteiger partial charge in [0.25, 0.3) is 0 Å². The number of urea groups is 1. The van der Waals surface area contributed by atoms with Crippen LogP contribution in [-0.2, 0) is 13.1 Å². The molecule has 2 aromatic heterocycles. The third-order valence-electron chi connectivity index (χ3n) is 4.21. The first-order chi connectivity index (χ1) is 12.6. The van der Waals surface area contributed by atoms with E-state index in [1.54, 1.807) is 9.13 Å². The molecule has 2 amide bonds. The second-order valence-corrected chi connectivity index (χ2v) is 6.75. The van der Waals surface area contributed by atoms with Gasteiger partial charge in [-0.05, 0) is 32.4 Å². The van der Waals surface area contributed by atoms with Crippen LogP contribution in [0.4, 0.5) is 9.93 Å². The molecule has 1 aromatic carbocycles. The van der Waals surface area contributed by atoms with Crippen molar-refractivity contribution < 1.29 is 4.79 Å². The lowest BCUT2D eigenvalue weighted by Crippen LogP contribution is -2.29. The quantitative estimate of drug-likeness (QED) is 0.694. The van der Waals surface area contributed by atoms with Crippen LogP contribution >= 0.6 is 11.3 Å². The summed E-state index contributed by atoms with van der Waals surface area (Å²) in [4.78, 5) is 28.7. The Morgan fingerprint density at radius 1 is 1.15 bits per heavy atom. The maximum absolute atomic E-state index is 12.5. The molecule has 2 N–H and O–H groups in total. The predicted molar refractivity (Wildman–Crippen MR) is 106 cm³/mol. The number of hydrogen-bond acceptors (Lipinski definition) is 4. The number of thiazole rings is 1. The molecule has 8 heteroatoms. The number of imidazole rings is 1. The Morgan fingerprint density at radius 3 is 2.58 bits per heavy atom. The summed E-state index contributed by atoms with van der Waals surface area (Å²) in [5.74, 6) is 0. The van der Waals surface area contributed by atoms with E-state index in [0.29, 0.717) is 24.8 Å². The Labute approximate surface area is 155 Å². The van der Waals surface area contributed by atoms with Crippen LogP contribution in [-0.4, -0.2) is 26.7 Å². The van der Waals surface area contributed by atoms with Crippen LogP contribution in [0.2, 0.25) is 0 Å². The Balaban J connectivity index is 1.92. The fraction of sp³-hybridized carbons (Fsp3) is 0.389. The number of rotatable bonds is 6. The molecule has 7 nitrogen and oxygen atoms in total. The summed E-state index contributed by atoms with van der Waals surface area (Å²) in [5, 5.41) is 7.96. The summed E-state index contributed by atoms with van der Waals surface area (Å²) in [7, 11) is 0. The molecular formula is C18H23N5O2S. The second-order valence-electron chi connectivity index (χ2n) is 5.89. The SMILES string of the molecule is CCCNC(=O)Nc1nc(-c2ccc3c(c2)n(CC)c(=O)n3CC)cs1. The first-order valence-electron chi connectivity index (χ1n) is 8.82. The molecule has 0 saturated carbocycles. The van der Waals surface area contributed by atoms with E-state index in [0.717, 1.165) is 28.7 Å². The van der Waals surface area contributed by atoms with Crippen molar-refractivity contribution in [3.63, 3.8) is 0 Å². The van der Waals surface area contributed by atoms with Crippen LogP contribution < -0.4 is 16.3 Å². The van der Waals surface area contributed by atoms with Gasteiger partial charge in [0.2, 0.25) is 0 Å². The summed E-state index contributed by atoms with van der Waals surface area (Å²) in [6.45, 7) is 7.82. The molecule has 2 heterocycles. The van der Waals surface area contributed by atoms with Crippen LogP contribution in [0.25, 0.3) is 22.3 Å². The molecule has 0 spiro atoms. The number of amides is 2. The van der Waals surface area contributed by atoms with Crippen molar-refractivity contribution in [2.24, 2.45) is 0 Å². The maximum atomic E-state index is 12.5. The Morgan fingerprint density at radius 2 is 1.88 bits per heavy atom. The number of carbonyl (C=O) groups excluding carboxylic acids is 1. The van der Waals surface area contributed by atoms with Crippen LogP contribution in [0, 0.1) is 0 Å². The largest absolute Gasteiger partial charge is 0.338 e. The third-order valence-corrected chi connectivity index (χ3v) is 4.96. The molecule has 0 aliphatic heterocycles. The zero-order chi connectivity index (χ0) is 18.7. The first-order valence-corrected chi connectivity index (χ1v) is 9.70. The van der Waals surface area contributed by atoms with E-state index in [-0.39, 0.29) is 11.7 Å². The highest BCUT2D eigenvalue weighted by Gasteiger charge is 2.13. The standard InChI is InChI=1S/C18H23N5O2S/c1-4-9-19-16(24)21-17-20-13(11-26-17)12-7-8-14-15(10-12)23(6-3)18(25)22(14)5-2/h7-8,10-11H,4-6,9H2,1-3H3,(H2,19,20,21,24). The fourth-order valence-electron chi connectivity index (χ4n) is 2.93. The zero-order valence-corrected chi connectivity index (χ0v) is 16.0. The van der Waals surface area contributed by atoms with Gasteiger partial charge in [0.1, 0.15) is 0 Å². The van der Waals surface area contributed by atoms with Crippen molar-refractivity contribution in [2.75, 3.05) is 11.9 Å². The molecule has 3 aromatic rings. The number of aryl methyl sites for hydroxylation is 2. The topological polar surface area (TPSA) is 81.0 Å². The summed E-state index contributed by atoms with van der Waals surface area (Å²) >= 11 is 1.38. The van der Waals surface area contributed by atoms with Crippen molar-refractivity contribution in [2.45, 2.75) is 40.3 Å². The first kappa shape index (κ1) is 18.2. The molecule has 138 valence electrons. The Hall–Kier alpha value is -2.61. The van der Waals surface area contributed by atoms with Gasteiger partial charge < -0.3 is 5.32 Å². The van der Waals surface area contributed by atoms with E-state index >= 15 is 0 Å². The van der Waals surface area contributed by atoms with Gasteiger partial charge in [-0.25, -0.2) is 14.6 Å². The lowest BCUT2D eigenvalue weighted by atomic mass is 10.1. The summed E-state index contributed by atoms with van der Waals surface area (Å²) in [5.41, 5.74) is 3.54. The molecule has 26 heavy (non-hydrogen) atoms. The van der Waals surface area contributed by atoms with Crippen molar-refractivity contribution in [1.82, 2.24) is 19.4 Å². The van der Waals surface area contributed by atoms with Crippen molar-refractivity contribution in [3.8, 4) is 11.3 Å². The lowest BCUT2D eigenvalue weighted by molar-refractivity contribution is 0.252. The number of nitrogens with zero attached hydrogens (tertiary/aromatic N) is 3. The average Bonchev–Trinajstić information content (AvgIpc) is 3.20.